The molecule has 0 aliphatic carbocycles. The third-order valence-electron chi connectivity index (χ3n) is 2.44. The molecule has 2 atom stereocenters. The Hall–Kier alpha value is -0.120. The molecule has 3 nitrogen and oxygen atoms in total. The molecular formula is C7H15NO2. The van der Waals surface area contributed by atoms with Gasteiger partial charge in [-0.25, -0.2) is 0 Å². The van der Waals surface area contributed by atoms with E-state index in [4.69, 9.17) is 5.11 Å². The number of rotatable bonds is 2. The fraction of sp³-hybridized carbons (Fsp3) is 1.00. The van der Waals surface area contributed by atoms with Gasteiger partial charge in [-0.1, -0.05) is 0 Å². The molecule has 1 aliphatic rings. The summed E-state index contributed by atoms with van der Waals surface area (Å²) in [5.74, 6) is 0. The molecule has 3 heteroatoms. The molecule has 60 valence electrons. The van der Waals surface area contributed by atoms with Crippen molar-refractivity contribution in [3.05, 3.63) is 5.21 Å². The first kappa shape index (κ1) is 7.98. The zero-order chi connectivity index (χ0) is 7.61. The maximum atomic E-state index is 11.6. The van der Waals surface area contributed by atoms with Gasteiger partial charge in [0.1, 0.15) is 6.54 Å². The van der Waals surface area contributed by atoms with Crippen molar-refractivity contribution in [3.8, 4) is 0 Å². The Morgan fingerprint density at radius 3 is 2.80 bits per heavy atom. The molecule has 1 N–H and O–H groups in total. The second-order valence-corrected chi connectivity index (χ2v) is 3.11. The van der Waals surface area contributed by atoms with E-state index in [0.717, 1.165) is 12.8 Å². The lowest BCUT2D eigenvalue weighted by molar-refractivity contribution is -0.890. The van der Waals surface area contributed by atoms with Crippen LogP contribution in [0.15, 0.2) is 0 Å². The highest BCUT2D eigenvalue weighted by atomic mass is 16.6. The van der Waals surface area contributed by atoms with Crippen molar-refractivity contribution < 1.29 is 9.75 Å². The summed E-state index contributed by atoms with van der Waals surface area (Å²) in [6.45, 7) is 3.06. The van der Waals surface area contributed by atoms with E-state index in [1.54, 1.807) is 0 Å². The van der Waals surface area contributed by atoms with Crippen LogP contribution in [-0.2, 0) is 0 Å². The molecule has 10 heavy (non-hydrogen) atoms. The summed E-state index contributed by atoms with van der Waals surface area (Å²) in [5, 5.41) is 20.2. The number of hydrogen-bond acceptors (Lipinski definition) is 2. The molecule has 1 aliphatic heterocycles. The SMILES string of the molecule is CC1CCC[N+]1([O-])CCO. The van der Waals surface area contributed by atoms with E-state index in [0.29, 0.717) is 13.1 Å². The average Bonchev–Trinajstić information content (AvgIpc) is 2.15. The quantitative estimate of drug-likeness (QED) is 0.453. The summed E-state index contributed by atoms with van der Waals surface area (Å²) < 4.78 is -0.170. The van der Waals surface area contributed by atoms with Crippen molar-refractivity contribution in [2.45, 2.75) is 25.8 Å². The van der Waals surface area contributed by atoms with Crippen LogP contribution >= 0.6 is 0 Å². The minimum absolute atomic E-state index is 0.0217. The minimum Gasteiger partial charge on any atom is -0.633 e. The van der Waals surface area contributed by atoms with Gasteiger partial charge >= 0.3 is 0 Å². The second kappa shape index (κ2) is 2.86. The highest BCUT2D eigenvalue weighted by molar-refractivity contribution is 4.63. The van der Waals surface area contributed by atoms with E-state index >= 15 is 0 Å². The van der Waals surface area contributed by atoms with Gasteiger partial charge in [0.05, 0.1) is 19.2 Å². The van der Waals surface area contributed by atoms with Crippen LogP contribution in [0.1, 0.15) is 19.8 Å². The molecule has 0 aromatic carbocycles. The average molecular weight is 145 g/mol. The molecule has 1 rings (SSSR count). The Bertz CT molecular complexity index is 118. The molecule has 2 unspecified atom stereocenters. The zero-order valence-electron chi connectivity index (χ0n) is 6.42. The normalized spacial score (nSPS) is 40.5. The molecule has 0 aromatic rings. The van der Waals surface area contributed by atoms with Gasteiger partial charge in [-0.2, -0.15) is 0 Å². The summed E-state index contributed by atoms with van der Waals surface area (Å²) in [7, 11) is 0. The molecule has 0 aromatic heterocycles. The number of aliphatic hydroxyl groups is 1. The van der Waals surface area contributed by atoms with E-state index in [1.165, 1.54) is 0 Å². The van der Waals surface area contributed by atoms with Crippen molar-refractivity contribution in [2.24, 2.45) is 0 Å². The van der Waals surface area contributed by atoms with Gasteiger partial charge in [-0.15, -0.1) is 0 Å². The standard InChI is InChI=1S/C7H15NO2/c1-7-3-2-4-8(7,10)5-6-9/h7,9H,2-6H2,1H3. The lowest BCUT2D eigenvalue weighted by atomic mass is 10.2. The van der Waals surface area contributed by atoms with Gasteiger partial charge in [0.15, 0.2) is 0 Å². The first-order chi connectivity index (χ1) is 4.69. The van der Waals surface area contributed by atoms with Crippen molar-refractivity contribution >= 4 is 0 Å². The van der Waals surface area contributed by atoms with Crippen molar-refractivity contribution in [3.63, 3.8) is 0 Å². The molecule has 0 radical (unpaired) electrons. The van der Waals surface area contributed by atoms with Crippen LogP contribution < -0.4 is 0 Å². The van der Waals surface area contributed by atoms with Crippen LogP contribution in [0.4, 0.5) is 0 Å². The predicted molar refractivity (Wildman–Crippen MR) is 39.1 cm³/mol. The number of nitrogens with zero attached hydrogens (tertiary/aromatic N) is 1. The van der Waals surface area contributed by atoms with Crippen molar-refractivity contribution in [1.29, 1.82) is 0 Å². The highest BCUT2D eigenvalue weighted by Crippen LogP contribution is 2.24. The van der Waals surface area contributed by atoms with E-state index in [9.17, 15) is 5.21 Å². The molecule has 1 heterocycles. The third-order valence-corrected chi connectivity index (χ3v) is 2.44. The Balaban J connectivity index is 2.48. The first-order valence-corrected chi connectivity index (χ1v) is 3.88. The van der Waals surface area contributed by atoms with Crippen molar-refractivity contribution in [1.82, 2.24) is 0 Å². The van der Waals surface area contributed by atoms with E-state index in [-0.39, 0.29) is 17.3 Å². The molecule has 1 saturated heterocycles. The molecule has 0 saturated carbocycles. The number of likely N-dealkylation sites (tertiary alicyclic amines) is 1. The number of quaternary nitrogens is 1. The maximum absolute atomic E-state index is 11.6. The first-order valence-electron chi connectivity index (χ1n) is 3.88. The van der Waals surface area contributed by atoms with Gasteiger partial charge in [0.25, 0.3) is 0 Å². The molecule has 0 amide bonds. The van der Waals surface area contributed by atoms with Crippen LogP contribution in [0.25, 0.3) is 0 Å². The lowest BCUT2D eigenvalue weighted by Gasteiger charge is -2.42. The van der Waals surface area contributed by atoms with Crippen LogP contribution in [0.5, 0.6) is 0 Å². The van der Waals surface area contributed by atoms with Crippen LogP contribution in [-0.4, -0.2) is 35.5 Å². The van der Waals surface area contributed by atoms with Crippen molar-refractivity contribution in [2.75, 3.05) is 19.7 Å². The minimum atomic E-state index is -0.170. The van der Waals surface area contributed by atoms with Crippen LogP contribution in [0.3, 0.4) is 0 Å². The topological polar surface area (TPSA) is 43.3 Å². The van der Waals surface area contributed by atoms with Gasteiger partial charge in [0.2, 0.25) is 0 Å². The number of hydroxylamine groups is 3. The maximum Gasteiger partial charge on any atom is 0.102 e. The van der Waals surface area contributed by atoms with E-state index in [1.807, 2.05) is 6.92 Å². The largest absolute Gasteiger partial charge is 0.633 e. The summed E-state index contributed by atoms with van der Waals surface area (Å²) in [5.41, 5.74) is 0. The third kappa shape index (κ3) is 1.31. The molecular weight excluding hydrogens is 130 g/mol. The Morgan fingerprint density at radius 2 is 2.40 bits per heavy atom. The van der Waals surface area contributed by atoms with Gasteiger partial charge in [-0.05, 0) is 6.92 Å². The zero-order valence-corrected chi connectivity index (χ0v) is 6.42. The number of hydrogen-bond donors (Lipinski definition) is 1. The predicted octanol–water partition coefficient (Wildman–Crippen LogP) is 0.476. The van der Waals surface area contributed by atoms with E-state index in [2.05, 4.69) is 0 Å². The smallest absolute Gasteiger partial charge is 0.102 e. The second-order valence-electron chi connectivity index (χ2n) is 3.11. The fourth-order valence-corrected chi connectivity index (χ4v) is 1.61. The molecule has 0 bridgehead atoms. The Morgan fingerprint density at radius 1 is 1.70 bits per heavy atom. The summed E-state index contributed by atoms with van der Waals surface area (Å²) in [6, 6.07) is 0.201. The van der Waals surface area contributed by atoms with E-state index < -0.39 is 0 Å². The Labute approximate surface area is 61.4 Å². The molecule has 1 fully saturated rings. The lowest BCUT2D eigenvalue weighted by Crippen LogP contribution is -2.46. The Kier molecular flexibility index (Phi) is 2.28. The monoisotopic (exact) mass is 145 g/mol. The van der Waals surface area contributed by atoms with Gasteiger partial charge in [-0.3, -0.25) is 0 Å². The highest BCUT2D eigenvalue weighted by Gasteiger charge is 2.29. The number of aliphatic hydroxyl groups excluding tert-OH is 1. The fourth-order valence-electron chi connectivity index (χ4n) is 1.61. The van der Waals surface area contributed by atoms with Gasteiger partial charge < -0.3 is 15.0 Å². The summed E-state index contributed by atoms with van der Waals surface area (Å²) >= 11 is 0. The van der Waals surface area contributed by atoms with Crippen LogP contribution in [0.2, 0.25) is 0 Å². The summed E-state index contributed by atoms with van der Waals surface area (Å²) in [6.07, 6.45) is 2.04. The van der Waals surface area contributed by atoms with Crippen LogP contribution in [0, 0.1) is 5.21 Å². The molecule has 0 spiro atoms. The summed E-state index contributed by atoms with van der Waals surface area (Å²) in [4.78, 5) is 0. The van der Waals surface area contributed by atoms with Gasteiger partial charge in [0, 0.05) is 12.8 Å².